The predicted molar refractivity (Wildman–Crippen MR) is 160 cm³/mol. The first-order valence-electron chi connectivity index (χ1n) is 13.7. The topological polar surface area (TPSA) is 142 Å². The van der Waals surface area contributed by atoms with Crippen LogP contribution in [0.3, 0.4) is 0 Å². The summed E-state index contributed by atoms with van der Waals surface area (Å²) < 4.78 is 32.3. The summed E-state index contributed by atoms with van der Waals surface area (Å²) in [6, 6.07) is 13.8. The maximum absolute atomic E-state index is 13.2. The van der Waals surface area contributed by atoms with Crippen LogP contribution in [0.5, 0.6) is 0 Å². The van der Waals surface area contributed by atoms with Gasteiger partial charge in [-0.3, -0.25) is 4.79 Å². The number of carbonyl (C=O) groups excluding carboxylic acids is 1. The summed E-state index contributed by atoms with van der Waals surface area (Å²) in [6.07, 6.45) is 5.75. The number of hydrogen-bond donors (Lipinski definition) is 3. The lowest BCUT2D eigenvalue weighted by molar-refractivity contribution is -0.117. The molecule has 2 aromatic carbocycles. The summed E-state index contributed by atoms with van der Waals surface area (Å²) in [5.41, 5.74) is 4.51. The molecule has 11 nitrogen and oxygen atoms in total. The van der Waals surface area contributed by atoms with Crippen molar-refractivity contribution in [3.63, 3.8) is 0 Å². The molecule has 2 aliphatic heterocycles. The van der Waals surface area contributed by atoms with Crippen molar-refractivity contribution in [3.05, 3.63) is 76.8 Å². The third-order valence-corrected chi connectivity index (χ3v) is 9.89. The fourth-order valence-corrected chi connectivity index (χ4v) is 7.04. The molecule has 6 bridgehead atoms. The van der Waals surface area contributed by atoms with Crippen molar-refractivity contribution >= 4 is 56.4 Å². The van der Waals surface area contributed by atoms with Crippen LogP contribution >= 0.6 is 11.6 Å². The summed E-state index contributed by atoms with van der Waals surface area (Å²) in [4.78, 5) is 22.1. The van der Waals surface area contributed by atoms with E-state index in [2.05, 4.69) is 43.2 Å². The summed E-state index contributed by atoms with van der Waals surface area (Å²) in [5.74, 6) is 1.16. The second-order valence-corrected chi connectivity index (χ2v) is 12.9. The van der Waals surface area contributed by atoms with E-state index >= 15 is 0 Å². The Morgan fingerprint density at radius 1 is 1.10 bits per heavy atom. The number of carbonyl (C=O) groups is 1. The Bertz CT molecular complexity index is 1740. The molecule has 4 aromatic rings. The maximum Gasteiger partial charge on any atom is 0.248 e. The number of piperidine rings is 1. The highest BCUT2D eigenvalue weighted by Gasteiger charge is 2.32. The van der Waals surface area contributed by atoms with Crippen molar-refractivity contribution in [1.29, 1.82) is 0 Å². The average molecular weight is 608 g/mol. The van der Waals surface area contributed by atoms with Crippen molar-refractivity contribution in [3.8, 4) is 0 Å². The van der Waals surface area contributed by atoms with E-state index in [1.165, 1.54) is 10.5 Å². The number of aryl methyl sites for hydroxylation is 3. The summed E-state index contributed by atoms with van der Waals surface area (Å²) in [6.45, 7) is 2.27. The molecule has 2 aromatic heterocycles. The van der Waals surface area contributed by atoms with Crippen LogP contribution in [0.25, 0.3) is 0 Å². The quantitative estimate of drug-likeness (QED) is 0.270. The van der Waals surface area contributed by atoms with Crippen molar-refractivity contribution in [2.24, 2.45) is 5.92 Å². The Labute approximate surface area is 248 Å². The minimum Gasteiger partial charge on any atom is -0.360 e. The number of anilines is 5. The van der Waals surface area contributed by atoms with Crippen LogP contribution in [0.1, 0.15) is 36.1 Å². The molecule has 0 spiro atoms. The van der Waals surface area contributed by atoms with Crippen LogP contribution in [-0.4, -0.2) is 46.8 Å². The number of aromatic nitrogens is 3. The molecule has 2 aliphatic rings. The third-order valence-electron chi connectivity index (χ3n) is 7.62. The number of nitrogens with zero attached hydrogens (tertiary/aromatic N) is 4. The van der Waals surface area contributed by atoms with Gasteiger partial charge in [0.1, 0.15) is 9.92 Å². The van der Waals surface area contributed by atoms with Crippen molar-refractivity contribution in [2.45, 2.75) is 43.9 Å². The molecule has 218 valence electrons. The Kier molecular flexibility index (Phi) is 7.84. The molecule has 3 N–H and O–H groups in total. The highest BCUT2D eigenvalue weighted by atomic mass is 35.5. The van der Waals surface area contributed by atoms with E-state index in [0.29, 0.717) is 55.6 Å². The maximum atomic E-state index is 13.2. The molecule has 0 unspecified atom stereocenters. The van der Waals surface area contributed by atoms with Crippen LogP contribution < -0.4 is 16.0 Å². The van der Waals surface area contributed by atoms with Gasteiger partial charge in [0.05, 0.1) is 12.4 Å². The van der Waals surface area contributed by atoms with Crippen molar-refractivity contribution in [2.75, 3.05) is 29.0 Å². The lowest BCUT2D eigenvalue weighted by atomic mass is 9.94. The van der Waals surface area contributed by atoms with Crippen LogP contribution in [-0.2, 0) is 27.7 Å². The fourth-order valence-electron chi connectivity index (χ4n) is 5.36. The monoisotopic (exact) mass is 607 g/mol. The lowest BCUT2D eigenvalue weighted by Gasteiger charge is -2.30. The van der Waals surface area contributed by atoms with Gasteiger partial charge in [0.2, 0.25) is 21.9 Å². The second kappa shape index (κ2) is 11.7. The number of hydrogen-bond acceptors (Lipinski definition) is 9. The molecule has 1 fully saturated rings. The zero-order valence-electron chi connectivity index (χ0n) is 22.9. The Morgan fingerprint density at radius 2 is 1.90 bits per heavy atom. The Balaban J connectivity index is 1.15. The predicted octanol–water partition coefficient (Wildman–Crippen LogP) is 5.44. The molecule has 0 atom stereocenters. The van der Waals surface area contributed by atoms with Gasteiger partial charge in [-0.1, -0.05) is 28.9 Å². The normalized spacial score (nSPS) is 15.9. The molecule has 4 heterocycles. The van der Waals surface area contributed by atoms with E-state index in [1.54, 1.807) is 13.1 Å². The van der Waals surface area contributed by atoms with E-state index in [9.17, 15) is 13.2 Å². The zero-order valence-corrected chi connectivity index (χ0v) is 24.5. The highest BCUT2D eigenvalue weighted by Crippen LogP contribution is 2.31. The third kappa shape index (κ3) is 6.10. The van der Waals surface area contributed by atoms with Crippen LogP contribution in [0.2, 0.25) is 5.02 Å². The summed E-state index contributed by atoms with van der Waals surface area (Å²) in [7, 11) is -3.66. The molecule has 13 heteroatoms. The van der Waals surface area contributed by atoms with Gasteiger partial charge >= 0.3 is 0 Å². The van der Waals surface area contributed by atoms with Gasteiger partial charge in [-0.25, -0.2) is 13.4 Å². The number of amides is 1. The van der Waals surface area contributed by atoms with Gasteiger partial charge in [-0.2, -0.15) is 9.29 Å². The Hall–Kier alpha value is -4.00. The van der Waals surface area contributed by atoms with Crippen LogP contribution in [0.4, 0.5) is 28.8 Å². The first kappa shape index (κ1) is 28.1. The number of benzene rings is 2. The molecular formula is C29H30ClN7O4S. The smallest absolute Gasteiger partial charge is 0.248 e. The van der Waals surface area contributed by atoms with Gasteiger partial charge in [0.15, 0.2) is 11.6 Å². The van der Waals surface area contributed by atoms with Gasteiger partial charge in [0.25, 0.3) is 0 Å². The molecule has 1 saturated heterocycles. The van der Waals surface area contributed by atoms with Gasteiger partial charge in [-0.15, -0.1) is 0 Å². The Morgan fingerprint density at radius 3 is 2.69 bits per heavy atom. The molecule has 0 radical (unpaired) electrons. The average Bonchev–Trinajstić information content (AvgIpc) is 3.42. The molecular weight excluding hydrogens is 578 g/mol. The summed E-state index contributed by atoms with van der Waals surface area (Å²) >= 11 is 6.38. The fraction of sp³-hybridized carbons (Fsp3) is 0.310. The number of sulfonamides is 1. The lowest BCUT2D eigenvalue weighted by Crippen LogP contribution is -2.39. The molecule has 1 amide bonds. The standard InChI is InChI=1S/C29H30ClN7O4S/c1-18-26(17-32-41-18)42(39,40)37-11-9-20(10-12-37)14-27(38)35-25-8-7-23-15-21(25)6-5-19-3-2-4-22(13-19)34-29-31-16-24(30)28(33-23)36-29/h2-4,7-8,13,15-17,20H,5-6,9-12,14H2,1H3,(H,35,38)(H2,31,33,34,36). The largest absolute Gasteiger partial charge is 0.360 e. The van der Waals surface area contributed by atoms with E-state index < -0.39 is 10.0 Å². The number of fused-ring (bicyclic) bond motifs is 6. The molecule has 42 heavy (non-hydrogen) atoms. The number of halogens is 1. The van der Waals surface area contributed by atoms with Gasteiger partial charge in [-0.05, 0) is 80.0 Å². The first-order chi connectivity index (χ1) is 20.2. The van der Waals surface area contributed by atoms with Crippen molar-refractivity contribution < 1.29 is 17.7 Å². The highest BCUT2D eigenvalue weighted by molar-refractivity contribution is 7.89. The first-order valence-corrected chi connectivity index (χ1v) is 15.6. The van der Waals surface area contributed by atoms with E-state index in [-0.39, 0.29) is 22.5 Å². The molecule has 6 rings (SSSR count). The summed E-state index contributed by atoms with van der Waals surface area (Å²) in [5, 5.41) is 13.6. The SMILES string of the molecule is Cc1oncc1S(=O)(=O)N1CCC(CC(=O)Nc2ccc3cc2CCc2cccc(c2)Nc2ncc(Cl)c(n2)N3)CC1. The van der Waals surface area contributed by atoms with E-state index in [4.69, 9.17) is 16.1 Å². The van der Waals surface area contributed by atoms with Crippen LogP contribution in [0.15, 0.2) is 64.3 Å². The number of rotatable bonds is 5. The molecule has 0 saturated carbocycles. The molecule has 0 aliphatic carbocycles. The van der Waals surface area contributed by atoms with Gasteiger partial charge in [0, 0.05) is 36.6 Å². The van der Waals surface area contributed by atoms with Crippen LogP contribution in [0, 0.1) is 12.8 Å². The minimum atomic E-state index is -3.66. The van der Waals surface area contributed by atoms with Gasteiger partial charge < -0.3 is 20.5 Å². The number of nitrogens with one attached hydrogen (secondary N) is 3. The minimum absolute atomic E-state index is 0.0790. The van der Waals surface area contributed by atoms with E-state index in [0.717, 1.165) is 34.6 Å². The second-order valence-electron chi connectivity index (χ2n) is 10.6. The van der Waals surface area contributed by atoms with E-state index in [1.807, 2.05) is 30.3 Å². The van der Waals surface area contributed by atoms with Crippen molar-refractivity contribution in [1.82, 2.24) is 19.4 Å². The zero-order chi connectivity index (χ0) is 29.3.